The molecule has 0 saturated carbocycles. The van der Waals surface area contributed by atoms with E-state index in [1.165, 1.54) is 0 Å². The van der Waals surface area contributed by atoms with Crippen LogP contribution in [0.25, 0.3) is 0 Å². The molecule has 0 aliphatic carbocycles. The maximum Gasteiger partial charge on any atom is 0.329 e. The second-order valence-corrected chi connectivity index (χ2v) is 5.04. The molecule has 0 aliphatic heterocycles. The number of carboxylic acid groups (broad SMARTS) is 1. The highest BCUT2D eigenvalue weighted by atomic mass is 32.1. The lowest BCUT2D eigenvalue weighted by atomic mass is 10.0. The van der Waals surface area contributed by atoms with Crippen LogP contribution >= 0.6 is 12.2 Å². The number of hydrogen-bond acceptors (Lipinski definition) is 3. The van der Waals surface area contributed by atoms with Gasteiger partial charge in [0.1, 0.15) is 6.10 Å². The van der Waals surface area contributed by atoms with Crippen molar-refractivity contribution >= 4 is 29.0 Å². The third-order valence-electron chi connectivity index (χ3n) is 3.04. The average molecular weight is 316 g/mol. The van der Waals surface area contributed by atoms with Crippen LogP contribution in [0.15, 0.2) is 60.7 Å². The maximum atomic E-state index is 11.4. The summed E-state index contributed by atoms with van der Waals surface area (Å²) >= 11 is 5.10. The molecule has 0 spiro atoms. The monoisotopic (exact) mass is 316 g/mol. The SMILES string of the molecule is O=C(O)C(NC(=S)Nc1ccccc1)C(O)c1ccccc1. The van der Waals surface area contributed by atoms with E-state index in [9.17, 15) is 15.0 Å². The molecule has 2 unspecified atom stereocenters. The van der Waals surface area contributed by atoms with Crippen LogP contribution in [0.3, 0.4) is 0 Å². The lowest BCUT2D eigenvalue weighted by Crippen LogP contribution is -2.46. The normalized spacial score (nSPS) is 13.0. The Bertz CT molecular complexity index is 634. The molecule has 0 heterocycles. The summed E-state index contributed by atoms with van der Waals surface area (Å²) in [6, 6.07) is 16.5. The van der Waals surface area contributed by atoms with Crippen LogP contribution in [0, 0.1) is 0 Å². The molecule has 6 heteroatoms. The van der Waals surface area contributed by atoms with Crippen molar-refractivity contribution in [3.8, 4) is 0 Å². The van der Waals surface area contributed by atoms with Gasteiger partial charge in [-0.05, 0) is 29.9 Å². The van der Waals surface area contributed by atoms with Gasteiger partial charge in [-0.2, -0.15) is 0 Å². The fraction of sp³-hybridized carbons (Fsp3) is 0.125. The highest BCUT2D eigenvalue weighted by molar-refractivity contribution is 7.80. The second kappa shape index (κ2) is 7.53. The molecule has 5 nitrogen and oxygen atoms in total. The van der Waals surface area contributed by atoms with E-state index in [0.717, 1.165) is 5.69 Å². The van der Waals surface area contributed by atoms with E-state index in [1.807, 2.05) is 18.2 Å². The van der Waals surface area contributed by atoms with Crippen LogP contribution in [0.1, 0.15) is 11.7 Å². The molecule has 2 rings (SSSR count). The first-order valence-electron chi connectivity index (χ1n) is 6.66. The summed E-state index contributed by atoms with van der Waals surface area (Å²) in [7, 11) is 0. The minimum atomic E-state index is -1.24. The predicted molar refractivity (Wildman–Crippen MR) is 88.6 cm³/mol. The first-order chi connectivity index (χ1) is 10.6. The third kappa shape index (κ3) is 4.28. The van der Waals surface area contributed by atoms with Crippen LogP contribution < -0.4 is 10.6 Å². The molecule has 2 aromatic carbocycles. The lowest BCUT2D eigenvalue weighted by molar-refractivity contribution is -0.142. The number of para-hydroxylation sites is 1. The summed E-state index contributed by atoms with van der Waals surface area (Å²) in [6.45, 7) is 0. The van der Waals surface area contributed by atoms with Crippen molar-refractivity contribution in [1.29, 1.82) is 0 Å². The van der Waals surface area contributed by atoms with Crippen molar-refractivity contribution in [3.05, 3.63) is 66.2 Å². The second-order valence-electron chi connectivity index (χ2n) is 4.64. The molecule has 0 bridgehead atoms. The maximum absolute atomic E-state index is 11.4. The van der Waals surface area contributed by atoms with Crippen molar-refractivity contribution in [2.45, 2.75) is 12.1 Å². The van der Waals surface area contributed by atoms with Crippen molar-refractivity contribution in [2.75, 3.05) is 5.32 Å². The molecule has 0 radical (unpaired) electrons. The molecule has 114 valence electrons. The van der Waals surface area contributed by atoms with Gasteiger partial charge in [0.05, 0.1) is 0 Å². The minimum absolute atomic E-state index is 0.133. The van der Waals surface area contributed by atoms with Gasteiger partial charge in [-0.25, -0.2) is 4.79 Å². The molecule has 0 aromatic heterocycles. The number of aliphatic hydroxyl groups excluding tert-OH is 1. The molecule has 0 saturated heterocycles. The number of anilines is 1. The van der Waals surface area contributed by atoms with Gasteiger partial charge in [0.2, 0.25) is 0 Å². The van der Waals surface area contributed by atoms with E-state index in [2.05, 4.69) is 10.6 Å². The topological polar surface area (TPSA) is 81.6 Å². The average Bonchev–Trinajstić information content (AvgIpc) is 2.53. The van der Waals surface area contributed by atoms with Gasteiger partial charge in [0.15, 0.2) is 11.2 Å². The number of benzene rings is 2. The number of thiocarbonyl (C=S) groups is 1. The van der Waals surface area contributed by atoms with Crippen molar-refractivity contribution in [1.82, 2.24) is 5.32 Å². The Morgan fingerprint density at radius 2 is 1.55 bits per heavy atom. The molecular weight excluding hydrogens is 300 g/mol. The summed E-state index contributed by atoms with van der Waals surface area (Å²) in [6.07, 6.45) is -1.21. The van der Waals surface area contributed by atoms with Gasteiger partial charge >= 0.3 is 5.97 Å². The van der Waals surface area contributed by atoms with Crippen molar-refractivity contribution in [2.24, 2.45) is 0 Å². The van der Waals surface area contributed by atoms with Gasteiger partial charge in [-0.15, -0.1) is 0 Å². The minimum Gasteiger partial charge on any atom is -0.480 e. The quantitative estimate of drug-likeness (QED) is 0.633. The largest absolute Gasteiger partial charge is 0.480 e. The van der Waals surface area contributed by atoms with Crippen LogP contribution in [0.2, 0.25) is 0 Å². The first-order valence-corrected chi connectivity index (χ1v) is 7.07. The number of rotatable bonds is 5. The molecule has 2 atom stereocenters. The number of nitrogens with one attached hydrogen (secondary N) is 2. The fourth-order valence-corrected chi connectivity index (χ4v) is 2.19. The van der Waals surface area contributed by atoms with E-state index in [0.29, 0.717) is 5.56 Å². The molecule has 0 amide bonds. The predicted octanol–water partition coefficient (Wildman–Crippen LogP) is 2.16. The summed E-state index contributed by atoms with van der Waals surface area (Å²) in [5, 5.41) is 25.2. The van der Waals surface area contributed by atoms with E-state index in [-0.39, 0.29) is 5.11 Å². The lowest BCUT2D eigenvalue weighted by Gasteiger charge is -2.22. The zero-order chi connectivity index (χ0) is 15.9. The number of carbonyl (C=O) groups is 1. The standard InChI is InChI=1S/C16H16N2O3S/c19-14(11-7-3-1-4-8-11)13(15(20)21)18-16(22)17-12-9-5-2-6-10-12/h1-10,13-14,19H,(H,20,21)(H2,17,18,22). The molecule has 22 heavy (non-hydrogen) atoms. The van der Waals surface area contributed by atoms with Gasteiger partial charge in [0, 0.05) is 5.69 Å². The summed E-state index contributed by atoms with van der Waals surface area (Å²) in [5.74, 6) is -1.19. The molecular formula is C16H16N2O3S. The summed E-state index contributed by atoms with van der Waals surface area (Å²) < 4.78 is 0. The van der Waals surface area contributed by atoms with Crippen LogP contribution in [0.5, 0.6) is 0 Å². The van der Waals surface area contributed by atoms with Crippen LogP contribution in [-0.4, -0.2) is 27.3 Å². The van der Waals surface area contributed by atoms with E-state index in [1.54, 1.807) is 42.5 Å². The van der Waals surface area contributed by atoms with E-state index >= 15 is 0 Å². The third-order valence-corrected chi connectivity index (χ3v) is 3.26. The van der Waals surface area contributed by atoms with Gasteiger partial charge in [0.25, 0.3) is 0 Å². The zero-order valence-corrected chi connectivity index (χ0v) is 12.5. The molecule has 2 aromatic rings. The summed E-state index contributed by atoms with van der Waals surface area (Å²) in [5.41, 5.74) is 1.24. The highest BCUT2D eigenvalue weighted by Gasteiger charge is 2.28. The smallest absolute Gasteiger partial charge is 0.329 e. The number of aliphatic hydroxyl groups is 1. The van der Waals surface area contributed by atoms with Gasteiger partial charge in [-0.1, -0.05) is 48.5 Å². The van der Waals surface area contributed by atoms with Gasteiger partial charge in [-0.3, -0.25) is 0 Å². The summed E-state index contributed by atoms with van der Waals surface area (Å²) in [4.78, 5) is 11.4. The first kappa shape index (κ1) is 15.9. The van der Waals surface area contributed by atoms with E-state index < -0.39 is 18.1 Å². The Morgan fingerprint density at radius 3 is 2.09 bits per heavy atom. The number of hydrogen-bond donors (Lipinski definition) is 4. The van der Waals surface area contributed by atoms with Crippen molar-refractivity contribution < 1.29 is 15.0 Å². The van der Waals surface area contributed by atoms with Crippen LogP contribution in [0.4, 0.5) is 5.69 Å². The highest BCUT2D eigenvalue weighted by Crippen LogP contribution is 2.17. The zero-order valence-electron chi connectivity index (χ0n) is 11.6. The molecule has 4 N–H and O–H groups in total. The Labute approximate surface area is 133 Å². The number of aliphatic carboxylic acids is 1. The molecule has 0 fully saturated rings. The van der Waals surface area contributed by atoms with E-state index in [4.69, 9.17) is 12.2 Å². The number of carboxylic acids is 1. The Balaban J connectivity index is 2.06. The Kier molecular flexibility index (Phi) is 5.46. The van der Waals surface area contributed by atoms with Crippen molar-refractivity contribution in [3.63, 3.8) is 0 Å². The fourth-order valence-electron chi connectivity index (χ4n) is 1.95. The Morgan fingerprint density at radius 1 is 1.00 bits per heavy atom. The molecule has 0 aliphatic rings. The van der Waals surface area contributed by atoms with Crippen LogP contribution in [-0.2, 0) is 4.79 Å². The van der Waals surface area contributed by atoms with Gasteiger partial charge < -0.3 is 20.8 Å². The Hall–Kier alpha value is -2.44.